The molecule has 86 valence electrons. The standard InChI is InChI=1S/C13H16ClNO/c14-8-2-7-12(16)11-6-1-4-10-5-3-9-15-13(10)11/h3,5,9,11H,1-2,4,6-8H2. The highest BCUT2D eigenvalue weighted by Crippen LogP contribution is 2.31. The molecule has 0 radical (unpaired) electrons. The van der Waals surface area contributed by atoms with E-state index in [0.29, 0.717) is 18.1 Å². The first kappa shape index (κ1) is 11.6. The topological polar surface area (TPSA) is 30.0 Å². The van der Waals surface area contributed by atoms with Gasteiger partial charge in [-0.1, -0.05) is 6.07 Å². The molecule has 0 N–H and O–H groups in total. The number of aromatic nitrogens is 1. The molecular formula is C13H16ClNO. The van der Waals surface area contributed by atoms with Gasteiger partial charge in [-0.15, -0.1) is 11.6 Å². The van der Waals surface area contributed by atoms with Gasteiger partial charge in [0.1, 0.15) is 5.78 Å². The highest BCUT2D eigenvalue weighted by atomic mass is 35.5. The molecule has 1 atom stereocenters. The van der Waals surface area contributed by atoms with Crippen molar-refractivity contribution in [2.45, 2.75) is 38.0 Å². The van der Waals surface area contributed by atoms with Gasteiger partial charge in [0.15, 0.2) is 0 Å². The summed E-state index contributed by atoms with van der Waals surface area (Å²) in [7, 11) is 0. The van der Waals surface area contributed by atoms with Crippen molar-refractivity contribution >= 4 is 17.4 Å². The van der Waals surface area contributed by atoms with Crippen molar-refractivity contribution in [3.05, 3.63) is 29.6 Å². The molecule has 0 aromatic carbocycles. The van der Waals surface area contributed by atoms with Crippen LogP contribution < -0.4 is 0 Å². The fraction of sp³-hybridized carbons (Fsp3) is 0.538. The van der Waals surface area contributed by atoms with Crippen molar-refractivity contribution in [1.82, 2.24) is 4.98 Å². The quantitative estimate of drug-likeness (QED) is 0.754. The summed E-state index contributed by atoms with van der Waals surface area (Å²) in [5, 5.41) is 0. The molecule has 0 aliphatic heterocycles. The number of aryl methyl sites for hydroxylation is 1. The van der Waals surface area contributed by atoms with E-state index in [1.54, 1.807) is 6.20 Å². The maximum Gasteiger partial charge on any atom is 0.141 e. The minimum absolute atomic E-state index is 0.0215. The normalized spacial score (nSPS) is 19.2. The van der Waals surface area contributed by atoms with E-state index in [2.05, 4.69) is 11.1 Å². The number of alkyl halides is 1. The number of rotatable bonds is 4. The number of ketones is 1. The van der Waals surface area contributed by atoms with E-state index in [-0.39, 0.29) is 5.92 Å². The highest BCUT2D eigenvalue weighted by Gasteiger charge is 2.26. The molecule has 1 aromatic rings. The van der Waals surface area contributed by atoms with Crippen molar-refractivity contribution in [3.63, 3.8) is 0 Å². The minimum Gasteiger partial charge on any atom is -0.299 e. The third-order valence-corrected chi connectivity index (χ3v) is 3.41. The Bertz CT molecular complexity index is 378. The van der Waals surface area contributed by atoms with Crippen LogP contribution in [-0.4, -0.2) is 16.6 Å². The summed E-state index contributed by atoms with van der Waals surface area (Å²) in [5.74, 6) is 0.890. The van der Waals surface area contributed by atoms with Gasteiger partial charge in [0.05, 0.1) is 11.6 Å². The van der Waals surface area contributed by atoms with Crippen LogP contribution in [0.25, 0.3) is 0 Å². The number of halogens is 1. The van der Waals surface area contributed by atoms with Gasteiger partial charge in [-0.25, -0.2) is 0 Å². The van der Waals surface area contributed by atoms with E-state index in [1.807, 2.05) is 6.07 Å². The Morgan fingerprint density at radius 2 is 2.44 bits per heavy atom. The summed E-state index contributed by atoms with van der Waals surface area (Å²) in [6.45, 7) is 0. The summed E-state index contributed by atoms with van der Waals surface area (Å²) >= 11 is 5.62. The maximum atomic E-state index is 12.0. The second-order valence-electron chi connectivity index (χ2n) is 4.25. The summed E-state index contributed by atoms with van der Waals surface area (Å²) in [6, 6.07) is 4.04. The smallest absolute Gasteiger partial charge is 0.141 e. The number of fused-ring (bicyclic) bond motifs is 1. The van der Waals surface area contributed by atoms with Crippen molar-refractivity contribution in [2.75, 3.05) is 5.88 Å². The molecular weight excluding hydrogens is 222 g/mol. The summed E-state index contributed by atoms with van der Waals surface area (Å²) in [4.78, 5) is 16.4. The van der Waals surface area contributed by atoms with E-state index >= 15 is 0 Å². The lowest BCUT2D eigenvalue weighted by molar-refractivity contribution is -0.120. The van der Waals surface area contributed by atoms with E-state index in [0.717, 1.165) is 31.4 Å². The average Bonchev–Trinajstić information content (AvgIpc) is 2.35. The van der Waals surface area contributed by atoms with Gasteiger partial charge in [-0.3, -0.25) is 9.78 Å². The van der Waals surface area contributed by atoms with E-state index in [4.69, 9.17) is 11.6 Å². The number of carbonyl (C=O) groups is 1. The molecule has 2 rings (SSSR count). The van der Waals surface area contributed by atoms with Gasteiger partial charge in [0.2, 0.25) is 0 Å². The fourth-order valence-electron chi connectivity index (χ4n) is 2.34. The van der Waals surface area contributed by atoms with Crippen molar-refractivity contribution in [1.29, 1.82) is 0 Å². The molecule has 1 aliphatic carbocycles. The van der Waals surface area contributed by atoms with Crippen LogP contribution in [0.15, 0.2) is 18.3 Å². The van der Waals surface area contributed by atoms with Crippen LogP contribution in [-0.2, 0) is 11.2 Å². The Morgan fingerprint density at radius 3 is 3.25 bits per heavy atom. The molecule has 0 amide bonds. The largest absolute Gasteiger partial charge is 0.299 e. The van der Waals surface area contributed by atoms with Crippen molar-refractivity contribution < 1.29 is 4.79 Å². The second-order valence-corrected chi connectivity index (χ2v) is 4.63. The third kappa shape index (κ3) is 2.43. The molecule has 0 saturated heterocycles. The van der Waals surface area contributed by atoms with Gasteiger partial charge < -0.3 is 0 Å². The Kier molecular flexibility index (Phi) is 3.94. The Hall–Kier alpha value is -0.890. The Morgan fingerprint density at radius 1 is 1.56 bits per heavy atom. The minimum atomic E-state index is 0.0215. The lowest BCUT2D eigenvalue weighted by Crippen LogP contribution is -2.19. The SMILES string of the molecule is O=C(CCCCl)C1CCCc2cccnc21. The molecule has 0 spiro atoms. The van der Waals surface area contributed by atoms with Crippen LogP contribution in [0.2, 0.25) is 0 Å². The van der Waals surface area contributed by atoms with E-state index in [9.17, 15) is 4.79 Å². The third-order valence-electron chi connectivity index (χ3n) is 3.14. The number of carbonyl (C=O) groups excluding carboxylic acids is 1. The van der Waals surface area contributed by atoms with Crippen molar-refractivity contribution in [2.24, 2.45) is 0 Å². The summed E-state index contributed by atoms with van der Waals surface area (Å²) < 4.78 is 0. The molecule has 1 heterocycles. The van der Waals surface area contributed by atoms with Gasteiger partial charge in [0, 0.05) is 18.5 Å². The molecule has 0 saturated carbocycles. The number of hydrogen-bond donors (Lipinski definition) is 0. The zero-order valence-corrected chi connectivity index (χ0v) is 10.0. The maximum absolute atomic E-state index is 12.0. The first-order valence-electron chi connectivity index (χ1n) is 5.85. The highest BCUT2D eigenvalue weighted by molar-refractivity contribution is 6.17. The van der Waals surface area contributed by atoms with Gasteiger partial charge >= 0.3 is 0 Å². The molecule has 0 fully saturated rings. The zero-order chi connectivity index (χ0) is 11.4. The molecule has 0 bridgehead atoms. The lowest BCUT2D eigenvalue weighted by Gasteiger charge is -2.22. The predicted molar refractivity (Wildman–Crippen MR) is 64.9 cm³/mol. The first-order chi connectivity index (χ1) is 7.83. The molecule has 16 heavy (non-hydrogen) atoms. The van der Waals surface area contributed by atoms with Crippen molar-refractivity contribution in [3.8, 4) is 0 Å². The lowest BCUT2D eigenvalue weighted by atomic mass is 9.83. The summed E-state index contributed by atoms with van der Waals surface area (Å²) in [5.41, 5.74) is 2.26. The summed E-state index contributed by atoms with van der Waals surface area (Å²) in [6.07, 6.45) is 6.25. The van der Waals surface area contributed by atoms with Gasteiger partial charge in [-0.2, -0.15) is 0 Å². The van der Waals surface area contributed by atoms with Crippen LogP contribution in [0.3, 0.4) is 0 Å². The molecule has 1 aromatic heterocycles. The molecule has 1 unspecified atom stereocenters. The number of hydrogen-bond acceptors (Lipinski definition) is 2. The van der Waals surface area contributed by atoms with Crippen LogP contribution >= 0.6 is 11.6 Å². The zero-order valence-electron chi connectivity index (χ0n) is 9.29. The van der Waals surface area contributed by atoms with Gasteiger partial charge in [-0.05, 0) is 37.3 Å². The van der Waals surface area contributed by atoms with Crippen LogP contribution in [0.5, 0.6) is 0 Å². The first-order valence-corrected chi connectivity index (χ1v) is 6.39. The van der Waals surface area contributed by atoms with Gasteiger partial charge in [0.25, 0.3) is 0 Å². The van der Waals surface area contributed by atoms with Crippen LogP contribution in [0.4, 0.5) is 0 Å². The van der Waals surface area contributed by atoms with Crippen LogP contribution in [0, 0.1) is 0 Å². The molecule has 1 aliphatic rings. The monoisotopic (exact) mass is 237 g/mol. The number of Topliss-reactive ketones (excluding diaryl/α,β-unsaturated/α-hetero) is 1. The fourth-order valence-corrected chi connectivity index (χ4v) is 2.47. The van der Waals surface area contributed by atoms with Crippen LogP contribution in [0.1, 0.15) is 42.9 Å². The number of pyridine rings is 1. The Labute approximate surface area is 101 Å². The Balaban J connectivity index is 2.15. The number of nitrogens with zero attached hydrogens (tertiary/aromatic N) is 1. The average molecular weight is 238 g/mol. The predicted octanol–water partition coefficient (Wildman–Crippen LogP) is 3.09. The van der Waals surface area contributed by atoms with E-state index in [1.165, 1.54) is 5.56 Å². The second kappa shape index (κ2) is 5.44. The molecule has 3 heteroatoms. The molecule has 2 nitrogen and oxygen atoms in total. The van der Waals surface area contributed by atoms with E-state index < -0.39 is 0 Å².